The van der Waals surface area contributed by atoms with Crippen LogP contribution in [0.2, 0.25) is 0 Å². The molecule has 25 heavy (non-hydrogen) atoms. The average molecular weight is 347 g/mol. The van der Waals surface area contributed by atoms with Gasteiger partial charge in [0.2, 0.25) is 5.91 Å². The van der Waals surface area contributed by atoms with E-state index < -0.39 is 0 Å². The number of hydrogen-bond acceptors (Lipinski definition) is 4. The molecule has 1 aliphatic heterocycles. The van der Waals surface area contributed by atoms with Gasteiger partial charge in [-0.25, -0.2) is 0 Å². The molecule has 1 aromatic carbocycles. The summed E-state index contributed by atoms with van der Waals surface area (Å²) >= 11 is 0. The number of benzene rings is 1. The van der Waals surface area contributed by atoms with E-state index in [4.69, 9.17) is 10.5 Å². The van der Waals surface area contributed by atoms with Gasteiger partial charge >= 0.3 is 0 Å². The highest BCUT2D eigenvalue weighted by Crippen LogP contribution is 2.18. The van der Waals surface area contributed by atoms with Gasteiger partial charge in [0, 0.05) is 13.1 Å². The number of carbonyl (C=O) groups is 2. The van der Waals surface area contributed by atoms with Crippen LogP contribution in [0.4, 0.5) is 0 Å². The Morgan fingerprint density at radius 3 is 2.68 bits per heavy atom. The van der Waals surface area contributed by atoms with Crippen LogP contribution in [0.1, 0.15) is 44.6 Å². The van der Waals surface area contributed by atoms with Crippen LogP contribution in [0, 0.1) is 0 Å². The molecule has 1 saturated heterocycles. The van der Waals surface area contributed by atoms with Gasteiger partial charge in [-0.15, -0.1) is 0 Å². The van der Waals surface area contributed by atoms with Crippen LogP contribution < -0.4 is 15.8 Å². The summed E-state index contributed by atoms with van der Waals surface area (Å²) in [6.07, 6.45) is 2.63. The molecule has 1 aliphatic rings. The quantitative estimate of drug-likeness (QED) is 0.665. The largest absolute Gasteiger partial charge is 0.484 e. The molecule has 6 heteroatoms. The maximum atomic E-state index is 11.8. The Morgan fingerprint density at radius 2 is 2.04 bits per heavy atom. The van der Waals surface area contributed by atoms with Gasteiger partial charge in [0.15, 0.2) is 6.61 Å². The lowest BCUT2D eigenvalue weighted by Crippen LogP contribution is -2.41. The summed E-state index contributed by atoms with van der Waals surface area (Å²) in [5.41, 5.74) is 6.64. The van der Waals surface area contributed by atoms with Crippen LogP contribution in [0.15, 0.2) is 24.3 Å². The monoisotopic (exact) mass is 347 g/mol. The zero-order valence-electron chi connectivity index (χ0n) is 15.2. The maximum absolute atomic E-state index is 11.8. The first-order valence-corrected chi connectivity index (χ1v) is 9.00. The lowest BCUT2D eigenvalue weighted by molar-refractivity contribution is -0.124. The number of ether oxygens (including phenoxy) is 1. The van der Waals surface area contributed by atoms with Crippen LogP contribution in [-0.4, -0.2) is 49.0 Å². The lowest BCUT2D eigenvalue weighted by Gasteiger charge is -2.21. The minimum atomic E-state index is -0.251. The molecule has 1 heterocycles. The first kappa shape index (κ1) is 19.2. The van der Waals surface area contributed by atoms with Crippen molar-refractivity contribution in [2.75, 3.05) is 26.2 Å². The molecule has 6 nitrogen and oxygen atoms in total. The van der Waals surface area contributed by atoms with Gasteiger partial charge < -0.3 is 15.8 Å². The molecule has 1 fully saturated rings. The molecule has 0 aliphatic carbocycles. The van der Waals surface area contributed by atoms with Crippen molar-refractivity contribution in [3.63, 3.8) is 0 Å². The van der Waals surface area contributed by atoms with Crippen molar-refractivity contribution < 1.29 is 14.3 Å². The Balaban J connectivity index is 1.61. The number of nitrogens with zero attached hydrogens (tertiary/aromatic N) is 1. The highest BCUT2D eigenvalue weighted by Gasteiger charge is 2.28. The van der Waals surface area contributed by atoms with Crippen molar-refractivity contribution in [3.8, 4) is 5.75 Å². The maximum Gasteiger partial charge on any atom is 0.257 e. The van der Waals surface area contributed by atoms with Crippen molar-refractivity contribution in [3.05, 3.63) is 29.8 Å². The van der Waals surface area contributed by atoms with Gasteiger partial charge in [-0.2, -0.15) is 0 Å². The van der Waals surface area contributed by atoms with Crippen LogP contribution in [0.3, 0.4) is 0 Å². The Hall–Kier alpha value is -2.08. The molecule has 2 amide bonds. The Bertz CT molecular complexity index is 572. The lowest BCUT2D eigenvalue weighted by atomic mass is 10.0. The van der Waals surface area contributed by atoms with Crippen molar-refractivity contribution in [1.29, 1.82) is 0 Å². The molecule has 1 atom stereocenters. The number of carbonyl (C=O) groups excluding carboxylic acids is 2. The summed E-state index contributed by atoms with van der Waals surface area (Å²) in [5.74, 6) is 0.780. The summed E-state index contributed by atoms with van der Waals surface area (Å²) in [4.78, 5) is 25.3. The molecule has 3 N–H and O–H groups in total. The first-order valence-electron chi connectivity index (χ1n) is 9.00. The molecular formula is C19H29N3O3. The fourth-order valence-corrected chi connectivity index (χ4v) is 3.07. The highest BCUT2D eigenvalue weighted by molar-refractivity contribution is 5.80. The third-order valence-corrected chi connectivity index (χ3v) is 4.55. The van der Waals surface area contributed by atoms with E-state index in [9.17, 15) is 9.59 Å². The molecule has 138 valence electrons. The number of rotatable bonds is 9. The zero-order chi connectivity index (χ0) is 18.2. The molecule has 0 saturated carbocycles. The van der Waals surface area contributed by atoms with E-state index in [1.807, 2.05) is 24.3 Å². The molecule has 0 radical (unpaired) electrons. The van der Waals surface area contributed by atoms with Gasteiger partial charge in [-0.1, -0.05) is 26.0 Å². The minimum Gasteiger partial charge on any atom is -0.484 e. The zero-order valence-corrected chi connectivity index (χ0v) is 15.2. The summed E-state index contributed by atoms with van der Waals surface area (Å²) < 4.78 is 5.50. The number of hydrogen-bond donors (Lipinski definition) is 2. The smallest absolute Gasteiger partial charge is 0.257 e. The Labute approximate surface area is 149 Å². The van der Waals surface area contributed by atoms with Gasteiger partial charge in [0.25, 0.3) is 5.91 Å². The van der Waals surface area contributed by atoms with Crippen molar-refractivity contribution in [2.24, 2.45) is 5.73 Å². The van der Waals surface area contributed by atoms with Crippen LogP contribution in [0.5, 0.6) is 5.75 Å². The number of nitrogens with one attached hydrogen (secondary N) is 1. The normalized spacial score (nSPS) is 17.6. The van der Waals surface area contributed by atoms with Crippen LogP contribution in [0.25, 0.3) is 0 Å². The fraction of sp³-hybridized carbons (Fsp3) is 0.579. The Morgan fingerprint density at radius 1 is 1.32 bits per heavy atom. The van der Waals surface area contributed by atoms with Crippen LogP contribution in [-0.2, 0) is 9.59 Å². The molecule has 2 rings (SSSR count). The fourth-order valence-electron chi connectivity index (χ4n) is 3.07. The van der Waals surface area contributed by atoms with Crippen molar-refractivity contribution in [1.82, 2.24) is 10.2 Å². The van der Waals surface area contributed by atoms with E-state index in [-0.39, 0.29) is 24.5 Å². The SMILES string of the molecule is CC(C)c1ccc(OCC(=O)NCCCN2CCCC2C(N)=O)cc1. The van der Waals surface area contributed by atoms with E-state index in [1.54, 1.807) is 0 Å². The second-order valence-corrected chi connectivity index (χ2v) is 6.81. The van der Waals surface area contributed by atoms with E-state index in [1.165, 1.54) is 5.56 Å². The molecule has 0 bridgehead atoms. The van der Waals surface area contributed by atoms with E-state index in [0.29, 0.717) is 18.2 Å². The second kappa shape index (κ2) is 9.42. The average Bonchev–Trinajstić information content (AvgIpc) is 3.06. The Kier molecular flexibility index (Phi) is 7.25. The van der Waals surface area contributed by atoms with E-state index >= 15 is 0 Å². The third-order valence-electron chi connectivity index (χ3n) is 4.55. The highest BCUT2D eigenvalue weighted by atomic mass is 16.5. The summed E-state index contributed by atoms with van der Waals surface area (Å²) in [7, 11) is 0. The molecule has 1 unspecified atom stereocenters. The molecule has 1 aromatic rings. The van der Waals surface area contributed by atoms with E-state index in [0.717, 1.165) is 32.4 Å². The number of likely N-dealkylation sites (tertiary alicyclic amines) is 1. The minimum absolute atomic E-state index is 0.00858. The number of amides is 2. The summed E-state index contributed by atoms with van der Waals surface area (Å²) in [5, 5.41) is 2.84. The number of primary amides is 1. The predicted octanol–water partition coefficient (Wildman–Crippen LogP) is 1.64. The van der Waals surface area contributed by atoms with Gasteiger partial charge in [-0.3, -0.25) is 14.5 Å². The molecule has 0 aromatic heterocycles. The van der Waals surface area contributed by atoms with Gasteiger partial charge in [-0.05, 0) is 49.4 Å². The van der Waals surface area contributed by atoms with Crippen LogP contribution >= 0.6 is 0 Å². The predicted molar refractivity (Wildman–Crippen MR) is 97.4 cm³/mol. The second-order valence-electron chi connectivity index (χ2n) is 6.81. The van der Waals surface area contributed by atoms with E-state index in [2.05, 4.69) is 24.1 Å². The topological polar surface area (TPSA) is 84.7 Å². The van der Waals surface area contributed by atoms with Crippen molar-refractivity contribution in [2.45, 2.75) is 45.1 Å². The standard InChI is InChI=1S/C19H29N3O3/c1-14(2)15-6-8-16(9-7-15)25-13-18(23)21-10-4-12-22-11-3-5-17(22)19(20)24/h6-9,14,17H,3-5,10-13H2,1-2H3,(H2,20,24)(H,21,23). The first-order chi connectivity index (χ1) is 12.0. The third kappa shape index (κ3) is 6.05. The summed E-state index contributed by atoms with van der Waals surface area (Å²) in [6.45, 7) is 6.52. The van der Waals surface area contributed by atoms with Gasteiger partial charge in [0.05, 0.1) is 6.04 Å². The van der Waals surface area contributed by atoms with Gasteiger partial charge in [0.1, 0.15) is 5.75 Å². The summed E-state index contributed by atoms with van der Waals surface area (Å²) in [6, 6.07) is 7.67. The molecular weight excluding hydrogens is 318 g/mol. The van der Waals surface area contributed by atoms with Crippen molar-refractivity contribution >= 4 is 11.8 Å². The molecule has 0 spiro atoms. The number of nitrogens with two attached hydrogens (primary N) is 1.